The molecule has 2 aliphatic carbocycles. The molecular weight excluding hydrogens is 239 g/mol. The van der Waals surface area contributed by atoms with E-state index in [2.05, 4.69) is 0 Å². The molecule has 0 spiro atoms. The highest BCUT2D eigenvalue weighted by molar-refractivity contribution is 6.00. The van der Waals surface area contributed by atoms with Gasteiger partial charge in [0.2, 0.25) is 0 Å². The van der Waals surface area contributed by atoms with E-state index in [9.17, 15) is 14.0 Å². The zero-order valence-corrected chi connectivity index (χ0v) is 10.6. The summed E-state index contributed by atoms with van der Waals surface area (Å²) in [7, 11) is 0. The van der Waals surface area contributed by atoms with Gasteiger partial charge in [0.1, 0.15) is 0 Å². The summed E-state index contributed by atoms with van der Waals surface area (Å²) in [6, 6.07) is 0. The molecule has 2 rings (SSSR count). The van der Waals surface area contributed by atoms with Crippen molar-refractivity contribution in [1.29, 1.82) is 0 Å². The smallest absolute Gasteiger partial charge is 0.323 e. The van der Waals surface area contributed by atoms with Gasteiger partial charge in [0.25, 0.3) is 0 Å². The standard InChI is InChI=1S/C13H17FO4/c1-3-17-11(15)13(12(16)18-4-2)6-8-5-10(14)9(8)7-13/h5,8-9H,3-4,6-7H2,1-2H3. The number of esters is 2. The molecular formula is C13H17FO4. The number of rotatable bonds is 4. The van der Waals surface area contributed by atoms with Gasteiger partial charge in [0, 0.05) is 5.92 Å². The maximum absolute atomic E-state index is 13.3. The highest BCUT2D eigenvalue weighted by Crippen LogP contribution is 2.56. The first-order valence-electron chi connectivity index (χ1n) is 6.26. The van der Waals surface area contributed by atoms with Gasteiger partial charge in [-0.05, 0) is 38.7 Å². The van der Waals surface area contributed by atoms with E-state index >= 15 is 0 Å². The normalized spacial score (nSPS) is 27.8. The van der Waals surface area contributed by atoms with Crippen molar-refractivity contribution in [1.82, 2.24) is 0 Å². The average Bonchev–Trinajstić information content (AvgIpc) is 2.64. The maximum atomic E-state index is 13.3. The number of ether oxygens (including phenoxy) is 2. The van der Waals surface area contributed by atoms with Crippen molar-refractivity contribution >= 4 is 11.9 Å². The minimum Gasteiger partial charge on any atom is -0.465 e. The maximum Gasteiger partial charge on any atom is 0.323 e. The molecule has 2 unspecified atom stereocenters. The molecule has 0 amide bonds. The summed E-state index contributed by atoms with van der Waals surface area (Å²) in [4.78, 5) is 24.1. The number of allylic oxidation sites excluding steroid dienone is 2. The van der Waals surface area contributed by atoms with E-state index in [1.54, 1.807) is 13.8 Å². The molecule has 1 fully saturated rings. The molecule has 0 aliphatic heterocycles. The topological polar surface area (TPSA) is 52.6 Å². The molecule has 0 aromatic carbocycles. The average molecular weight is 256 g/mol. The Bertz CT molecular complexity index is 384. The number of carbonyl (C=O) groups is 2. The zero-order valence-electron chi connectivity index (χ0n) is 10.6. The van der Waals surface area contributed by atoms with Crippen LogP contribution in [0.15, 0.2) is 11.9 Å². The molecule has 0 heterocycles. The zero-order chi connectivity index (χ0) is 13.3. The summed E-state index contributed by atoms with van der Waals surface area (Å²) < 4.78 is 23.2. The monoisotopic (exact) mass is 256 g/mol. The third kappa shape index (κ3) is 1.82. The lowest BCUT2D eigenvalue weighted by atomic mass is 9.84. The molecule has 0 radical (unpaired) electrons. The highest BCUT2D eigenvalue weighted by atomic mass is 19.1. The Balaban J connectivity index is 2.20. The van der Waals surface area contributed by atoms with Crippen molar-refractivity contribution in [3.63, 3.8) is 0 Å². The molecule has 5 heteroatoms. The van der Waals surface area contributed by atoms with Gasteiger partial charge < -0.3 is 9.47 Å². The first-order chi connectivity index (χ1) is 8.55. The Morgan fingerprint density at radius 1 is 1.28 bits per heavy atom. The van der Waals surface area contributed by atoms with E-state index in [-0.39, 0.29) is 37.3 Å². The molecule has 0 aromatic rings. The second-order valence-electron chi connectivity index (χ2n) is 4.75. The second kappa shape index (κ2) is 4.71. The van der Waals surface area contributed by atoms with E-state index in [0.717, 1.165) is 0 Å². The van der Waals surface area contributed by atoms with Crippen molar-refractivity contribution in [2.45, 2.75) is 26.7 Å². The lowest BCUT2D eigenvalue weighted by Crippen LogP contribution is -2.40. The van der Waals surface area contributed by atoms with Crippen LogP contribution in [0.4, 0.5) is 4.39 Å². The number of halogens is 1. The number of fused-ring (bicyclic) bond motifs is 1. The van der Waals surface area contributed by atoms with Crippen molar-refractivity contribution < 1.29 is 23.5 Å². The summed E-state index contributed by atoms with van der Waals surface area (Å²) in [5, 5.41) is 0. The van der Waals surface area contributed by atoms with Crippen LogP contribution < -0.4 is 0 Å². The molecule has 1 saturated carbocycles. The number of hydrogen-bond acceptors (Lipinski definition) is 4. The molecule has 4 nitrogen and oxygen atoms in total. The largest absolute Gasteiger partial charge is 0.465 e. The van der Waals surface area contributed by atoms with E-state index in [1.807, 2.05) is 0 Å². The van der Waals surface area contributed by atoms with Gasteiger partial charge >= 0.3 is 11.9 Å². The quantitative estimate of drug-likeness (QED) is 0.570. The van der Waals surface area contributed by atoms with E-state index in [4.69, 9.17) is 9.47 Å². The van der Waals surface area contributed by atoms with Crippen LogP contribution in [-0.2, 0) is 19.1 Å². The van der Waals surface area contributed by atoms with Gasteiger partial charge in [-0.2, -0.15) is 0 Å². The van der Waals surface area contributed by atoms with E-state index in [0.29, 0.717) is 6.42 Å². The van der Waals surface area contributed by atoms with Crippen molar-refractivity contribution in [3.8, 4) is 0 Å². The molecule has 0 aromatic heterocycles. The van der Waals surface area contributed by atoms with Crippen LogP contribution in [0, 0.1) is 17.3 Å². The van der Waals surface area contributed by atoms with Crippen LogP contribution in [0.2, 0.25) is 0 Å². The van der Waals surface area contributed by atoms with Gasteiger partial charge in [0.05, 0.1) is 19.0 Å². The van der Waals surface area contributed by atoms with Gasteiger partial charge in [-0.25, -0.2) is 4.39 Å². The molecule has 0 bridgehead atoms. The summed E-state index contributed by atoms with van der Waals surface area (Å²) in [6.07, 6.45) is 1.94. The number of carbonyl (C=O) groups excluding carboxylic acids is 2. The second-order valence-corrected chi connectivity index (χ2v) is 4.75. The van der Waals surface area contributed by atoms with Gasteiger partial charge in [-0.15, -0.1) is 0 Å². The van der Waals surface area contributed by atoms with Crippen LogP contribution in [0.3, 0.4) is 0 Å². The first-order valence-corrected chi connectivity index (χ1v) is 6.26. The molecule has 0 N–H and O–H groups in total. The van der Waals surface area contributed by atoms with Gasteiger partial charge in [0.15, 0.2) is 5.41 Å². The molecule has 100 valence electrons. The molecule has 2 atom stereocenters. The third-order valence-electron chi connectivity index (χ3n) is 3.73. The van der Waals surface area contributed by atoms with Crippen molar-refractivity contribution in [3.05, 3.63) is 11.9 Å². The summed E-state index contributed by atoms with van der Waals surface area (Å²) in [6.45, 7) is 3.76. The minimum absolute atomic E-state index is 0.0428. The predicted molar refractivity (Wildman–Crippen MR) is 61.1 cm³/mol. The van der Waals surface area contributed by atoms with E-state index < -0.39 is 17.4 Å². The van der Waals surface area contributed by atoms with Gasteiger partial charge in [-0.1, -0.05) is 0 Å². The molecule has 18 heavy (non-hydrogen) atoms. The fourth-order valence-corrected chi connectivity index (χ4v) is 2.80. The van der Waals surface area contributed by atoms with Crippen LogP contribution in [-0.4, -0.2) is 25.2 Å². The molecule has 0 saturated heterocycles. The van der Waals surface area contributed by atoms with E-state index in [1.165, 1.54) is 6.08 Å². The third-order valence-corrected chi connectivity index (χ3v) is 3.73. The van der Waals surface area contributed by atoms with Gasteiger partial charge in [-0.3, -0.25) is 9.59 Å². The van der Waals surface area contributed by atoms with Crippen LogP contribution in [0.5, 0.6) is 0 Å². The minimum atomic E-state index is -1.31. The summed E-state index contributed by atoms with van der Waals surface area (Å²) >= 11 is 0. The Kier molecular flexibility index (Phi) is 3.41. The highest BCUT2D eigenvalue weighted by Gasteiger charge is 2.60. The SMILES string of the molecule is CCOC(=O)C1(C(=O)OCC)CC2C=C(F)C2C1. The fraction of sp³-hybridized carbons (Fsp3) is 0.692. The Morgan fingerprint density at radius 3 is 2.22 bits per heavy atom. The lowest BCUT2D eigenvalue weighted by Gasteiger charge is -2.24. The van der Waals surface area contributed by atoms with Crippen molar-refractivity contribution in [2.75, 3.05) is 13.2 Å². The number of hydrogen-bond donors (Lipinski definition) is 0. The summed E-state index contributed by atoms with van der Waals surface area (Å²) in [5.74, 6) is -1.76. The summed E-state index contributed by atoms with van der Waals surface area (Å²) in [5.41, 5.74) is -1.31. The Hall–Kier alpha value is -1.39. The molecule has 2 aliphatic rings. The van der Waals surface area contributed by atoms with Crippen LogP contribution in [0.25, 0.3) is 0 Å². The van der Waals surface area contributed by atoms with Crippen LogP contribution in [0.1, 0.15) is 26.7 Å². The Morgan fingerprint density at radius 2 is 1.83 bits per heavy atom. The lowest BCUT2D eigenvalue weighted by molar-refractivity contribution is -0.171. The Labute approximate surface area is 105 Å². The van der Waals surface area contributed by atoms with Crippen molar-refractivity contribution in [2.24, 2.45) is 17.3 Å². The fourth-order valence-electron chi connectivity index (χ4n) is 2.80. The predicted octanol–water partition coefficient (Wildman–Crippen LogP) is 1.99. The first kappa shape index (κ1) is 13.1. The van der Waals surface area contributed by atoms with Crippen LogP contribution >= 0.6 is 0 Å².